The van der Waals surface area contributed by atoms with Crippen molar-refractivity contribution in [1.29, 1.82) is 0 Å². The number of piperidine rings is 1. The minimum Gasteiger partial charge on any atom is -0.439 e. The lowest BCUT2D eigenvalue weighted by Crippen LogP contribution is -2.50. The molecule has 118 valence electrons. The molecule has 2 unspecified atom stereocenters. The maximum absolute atomic E-state index is 14.0. The van der Waals surface area contributed by atoms with Crippen molar-refractivity contribution >= 4 is 6.09 Å². The molecular weight excluding hydrogens is 296 g/mol. The Morgan fingerprint density at radius 1 is 1.23 bits per heavy atom. The molecule has 4 rings (SSSR count). The van der Waals surface area contributed by atoms with Gasteiger partial charge in [-0.1, -0.05) is 0 Å². The summed E-state index contributed by atoms with van der Waals surface area (Å²) in [6.45, 7) is 1.46. The highest BCUT2D eigenvalue weighted by Crippen LogP contribution is 2.44. The first-order chi connectivity index (χ1) is 10.6. The second kappa shape index (κ2) is 4.89. The number of halogens is 2. The Bertz CT molecular complexity index is 618. The minimum atomic E-state index is -0.780. The van der Waals surface area contributed by atoms with Crippen LogP contribution in [0.3, 0.4) is 0 Å². The van der Waals surface area contributed by atoms with Gasteiger partial charge in [0.15, 0.2) is 11.9 Å². The zero-order chi connectivity index (χ0) is 15.3. The molecule has 3 aliphatic heterocycles. The van der Waals surface area contributed by atoms with Crippen LogP contribution < -0.4 is 0 Å². The molecule has 0 aliphatic carbocycles. The first kappa shape index (κ1) is 13.9. The molecule has 1 aromatic carbocycles. The second-order valence-corrected chi connectivity index (χ2v) is 5.79. The highest BCUT2D eigenvalue weighted by atomic mass is 19.1. The Balaban J connectivity index is 1.66. The fourth-order valence-corrected chi connectivity index (χ4v) is 3.50. The number of hydrogen-bond donors (Lipinski definition) is 0. The van der Waals surface area contributed by atoms with Gasteiger partial charge in [0.1, 0.15) is 11.6 Å². The molecule has 1 spiro atoms. The van der Waals surface area contributed by atoms with Crippen LogP contribution in [0.5, 0.6) is 0 Å². The molecule has 3 aliphatic rings. The number of nitrogens with zero attached hydrogens (tertiary/aromatic N) is 1. The molecule has 3 heterocycles. The summed E-state index contributed by atoms with van der Waals surface area (Å²) in [6, 6.07) is 2.91. The van der Waals surface area contributed by atoms with E-state index in [2.05, 4.69) is 0 Å². The first-order valence-corrected chi connectivity index (χ1v) is 7.28. The van der Waals surface area contributed by atoms with Crippen LogP contribution in [0.25, 0.3) is 0 Å². The van der Waals surface area contributed by atoms with Crippen molar-refractivity contribution in [2.75, 3.05) is 19.8 Å². The van der Waals surface area contributed by atoms with Crippen LogP contribution in [0.1, 0.15) is 24.5 Å². The quantitative estimate of drug-likeness (QED) is 0.799. The molecule has 3 fully saturated rings. The van der Waals surface area contributed by atoms with Crippen molar-refractivity contribution in [2.24, 2.45) is 0 Å². The molecule has 0 aromatic heterocycles. The van der Waals surface area contributed by atoms with Crippen molar-refractivity contribution < 1.29 is 27.8 Å². The summed E-state index contributed by atoms with van der Waals surface area (Å²) < 4.78 is 43.8. The van der Waals surface area contributed by atoms with Gasteiger partial charge in [-0.15, -0.1) is 0 Å². The van der Waals surface area contributed by atoms with E-state index in [1.807, 2.05) is 0 Å². The van der Waals surface area contributed by atoms with E-state index >= 15 is 0 Å². The van der Waals surface area contributed by atoms with Crippen molar-refractivity contribution in [2.45, 2.75) is 30.8 Å². The van der Waals surface area contributed by atoms with Gasteiger partial charge in [-0.25, -0.2) is 13.6 Å². The van der Waals surface area contributed by atoms with Gasteiger partial charge >= 0.3 is 6.09 Å². The number of rotatable bonds is 1. The topological polar surface area (TPSA) is 48.0 Å². The maximum atomic E-state index is 14.0. The zero-order valence-corrected chi connectivity index (χ0v) is 11.8. The summed E-state index contributed by atoms with van der Waals surface area (Å²) in [4.78, 5) is 13.6. The summed E-state index contributed by atoms with van der Waals surface area (Å²) in [5.41, 5.74) is 0.178. The van der Waals surface area contributed by atoms with Gasteiger partial charge in [0.2, 0.25) is 0 Å². The number of benzene rings is 1. The Hall–Kier alpha value is -1.73. The summed E-state index contributed by atoms with van der Waals surface area (Å²) in [5, 5.41) is 0. The Kier molecular flexibility index (Phi) is 3.09. The molecule has 0 radical (unpaired) electrons. The van der Waals surface area contributed by atoms with E-state index in [1.165, 1.54) is 6.07 Å². The van der Waals surface area contributed by atoms with Gasteiger partial charge in [-0.05, 0) is 12.1 Å². The van der Waals surface area contributed by atoms with E-state index in [0.29, 0.717) is 32.6 Å². The number of carbonyl (C=O) groups is 1. The third-order valence-corrected chi connectivity index (χ3v) is 4.55. The van der Waals surface area contributed by atoms with E-state index in [-0.39, 0.29) is 11.6 Å². The molecule has 7 heteroatoms. The molecule has 0 saturated carbocycles. The molecule has 5 nitrogen and oxygen atoms in total. The maximum Gasteiger partial charge on any atom is 0.410 e. The lowest BCUT2D eigenvalue weighted by Gasteiger charge is -2.39. The summed E-state index contributed by atoms with van der Waals surface area (Å²) in [7, 11) is 0. The summed E-state index contributed by atoms with van der Waals surface area (Å²) >= 11 is 0. The van der Waals surface area contributed by atoms with E-state index in [0.717, 1.165) is 12.1 Å². The molecule has 1 amide bonds. The van der Waals surface area contributed by atoms with Crippen LogP contribution in [-0.4, -0.2) is 42.6 Å². The molecular formula is C15H15F2NO4. The largest absolute Gasteiger partial charge is 0.439 e. The first-order valence-electron chi connectivity index (χ1n) is 7.28. The minimum absolute atomic E-state index is 0.178. The van der Waals surface area contributed by atoms with E-state index in [9.17, 15) is 13.6 Å². The van der Waals surface area contributed by atoms with Crippen molar-refractivity contribution in [3.05, 3.63) is 35.4 Å². The van der Waals surface area contributed by atoms with E-state index < -0.39 is 29.6 Å². The highest BCUT2D eigenvalue weighted by molar-refractivity contribution is 5.71. The Labute approximate surface area is 125 Å². The number of carbonyl (C=O) groups excluding carboxylic acids is 1. The van der Waals surface area contributed by atoms with Crippen LogP contribution in [0.15, 0.2) is 18.2 Å². The summed E-state index contributed by atoms with van der Waals surface area (Å²) in [6.07, 6.45) is -0.276. The van der Waals surface area contributed by atoms with Crippen LogP contribution in [0.2, 0.25) is 0 Å². The Morgan fingerprint density at radius 3 is 2.73 bits per heavy atom. The Morgan fingerprint density at radius 2 is 2.00 bits per heavy atom. The normalized spacial score (nSPS) is 29.7. The lowest BCUT2D eigenvalue weighted by atomic mass is 9.90. The van der Waals surface area contributed by atoms with Crippen LogP contribution in [0, 0.1) is 11.6 Å². The van der Waals surface area contributed by atoms with Crippen LogP contribution >= 0.6 is 0 Å². The molecule has 2 atom stereocenters. The third kappa shape index (κ3) is 2.07. The molecule has 0 bridgehead atoms. The van der Waals surface area contributed by atoms with Crippen molar-refractivity contribution in [3.8, 4) is 0 Å². The van der Waals surface area contributed by atoms with Crippen LogP contribution in [0.4, 0.5) is 13.6 Å². The fourth-order valence-electron chi connectivity index (χ4n) is 3.50. The number of fused-ring (bicyclic) bond motifs is 1. The number of cyclic esters (lactones) is 1. The predicted molar refractivity (Wildman–Crippen MR) is 69.9 cm³/mol. The third-order valence-electron chi connectivity index (χ3n) is 4.55. The number of hydrogen-bond acceptors (Lipinski definition) is 4. The van der Waals surface area contributed by atoms with Crippen LogP contribution in [-0.2, 0) is 14.2 Å². The molecule has 3 saturated heterocycles. The van der Waals surface area contributed by atoms with Gasteiger partial charge in [0.05, 0.1) is 19.3 Å². The lowest BCUT2D eigenvalue weighted by molar-refractivity contribution is -0.191. The fraction of sp³-hybridized carbons (Fsp3) is 0.533. The van der Waals surface area contributed by atoms with Crippen molar-refractivity contribution in [1.82, 2.24) is 4.90 Å². The standard InChI is InChI=1S/C15H15F2NO4/c16-9-1-2-10(11(17)7-9)13-12-8-15(20-5-6-21-15)3-4-18(12)14(19)22-13/h1-2,7,12-13H,3-6,8H2. The van der Waals surface area contributed by atoms with Gasteiger partial charge in [-0.3, -0.25) is 0 Å². The van der Waals surface area contributed by atoms with Gasteiger partial charge < -0.3 is 19.1 Å². The second-order valence-electron chi connectivity index (χ2n) is 5.79. The van der Waals surface area contributed by atoms with Gasteiger partial charge in [-0.2, -0.15) is 0 Å². The number of ether oxygens (including phenoxy) is 3. The predicted octanol–water partition coefficient (Wildman–Crippen LogP) is 2.36. The molecule has 22 heavy (non-hydrogen) atoms. The smallest absolute Gasteiger partial charge is 0.410 e. The average Bonchev–Trinajstić information content (AvgIpc) is 3.05. The number of amides is 1. The summed E-state index contributed by atoms with van der Waals surface area (Å²) in [5.74, 6) is -2.10. The van der Waals surface area contributed by atoms with Crippen molar-refractivity contribution in [3.63, 3.8) is 0 Å². The highest BCUT2D eigenvalue weighted by Gasteiger charge is 2.53. The van der Waals surface area contributed by atoms with Gasteiger partial charge in [0, 0.05) is 31.0 Å². The monoisotopic (exact) mass is 311 g/mol. The zero-order valence-electron chi connectivity index (χ0n) is 11.8. The molecule has 1 aromatic rings. The van der Waals surface area contributed by atoms with E-state index in [1.54, 1.807) is 4.90 Å². The SMILES string of the molecule is O=C1OC(c2ccc(F)cc2F)C2CC3(CCN12)OCCO3. The van der Waals surface area contributed by atoms with Gasteiger partial charge in [0.25, 0.3) is 0 Å². The molecule has 0 N–H and O–H groups in total. The van der Waals surface area contributed by atoms with E-state index in [4.69, 9.17) is 14.2 Å². The average molecular weight is 311 g/mol.